The maximum Gasteiger partial charge on any atom is 0.126 e. The van der Waals surface area contributed by atoms with Gasteiger partial charge in [-0.25, -0.2) is 4.98 Å². The molecule has 10 heavy (non-hydrogen) atoms. The van der Waals surface area contributed by atoms with E-state index in [1.165, 1.54) is 0 Å². The van der Waals surface area contributed by atoms with Crippen molar-refractivity contribution in [1.82, 2.24) is 4.98 Å². The van der Waals surface area contributed by atoms with Gasteiger partial charge in [-0.2, -0.15) is 0 Å². The van der Waals surface area contributed by atoms with E-state index in [-0.39, 0.29) is 0 Å². The highest BCUT2D eigenvalue weighted by Crippen LogP contribution is 2.05. The number of aromatic nitrogens is 1. The van der Waals surface area contributed by atoms with Crippen molar-refractivity contribution in [3.05, 3.63) is 24.4 Å². The summed E-state index contributed by atoms with van der Waals surface area (Å²) in [6.45, 7) is 2.08. The van der Waals surface area contributed by atoms with E-state index in [0.717, 1.165) is 5.82 Å². The lowest BCUT2D eigenvalue weighted by molar-refractivity contribution is 1.13. The van der Waals surface area contributed by atoms with Gasteiger partial charge in [-0.3, -0.25) is 0 Å². The van der Waals surface area contributed by atoms with Crippen molar-refractivity contribution < 1.29 is 0 Å². The van der Waals surface area contributed by atoms with Crippen LogP contribution in [-0.2, 0) is 0 Å². The number of alkyl halides is 1. The molecule has 54 valence electrons. The van der Waals surface area contributed by atoms with Crippen LogP contribution in [0.1, 0.15) is 6.92 Å². The van der Waals surface area contributed by atoms with Gasteiger partial charge < -0.3 is 5.32 Å². The Kier molecular flexibility index (Phi) is 2.92. The fourth-order valence-electron chi connectivity index (χ4n) is 0.652. The van der Waals surface area contributed by atoms with E-state index in [4.69, 9.17) is 0 Å². The van der Waals surface area contributed by atoms with Crippen molar-refractivity contribution in [2.24, 2.45) is 0 Å². The highest BCUT2D eigenvalue weighted by molar-refractivity contribution is 14.1. The average Bonchev–Trinajstić information content (AvgIpc) is 1.88. The van der Waals surface area contributed by atoms with Crippen LogP contribution in [0.4, 0.5) is 5.82 Å². The Morgan fingerprint density at radius 3 is 2.90 bits per heavy atom. The van der Waals surface area contributed by atoms with Crippen LogP contribution in [0, 0.1) is 0 Å². The topological polar surface area (TPSA) is 24.9 Å². The first-order valence-corrected chi connectivity index (χ1v) is 4.35. The van der Waals surface area contributed by atoms with Crippen molar-refractivity contribution >= 4 is 28.4 Å². The number of hydrogen-bond donors (Lipinski definition) is 1. The van der Waals surface area contributed by atoms with Crippen molar-refractivity contribution in [1.29, 1.82) is 0 Å². The number of halogens is 1. The van der Waals surface area contributed by atoms with E-state index in [9.17, 15) is 0 Å². The molecule has 1 aromatic heterocycles. The molecule has 1 N–H and O–H groups in total. The van der Waals surface area contributed by atoms with Crippen molar-refractivity contribution in [2.75, 3.05) is 5.32 Å². The number of hydrogen-bond acceptors (Lipinski definition) is 2. The predicted molar refractivity (Wildman–Crippen MR) is 51.3 cm³/mol. The van der Waals surface area contributed by atoms with Crippen LogP contribution in [0.15, 0.2) is 24.4 Å². The largest absolute Gasteiger partial charge is 0.359 e. The van der Waals surface area contributed by atoms with Crippen LogP contribution in [0.3, 0.4) is 0 Å². The molecule has 2 nitrogen and oxygen atoms in total. The highest BCUT2D eigenvalue weighted by atomic mass is 127. The summed E-state index contributed by atoms with van der Waals surface area (Å²) >= 11 is 2.29. The first-order chi connectivity index (χ1) is 4.79. The SMILES string of the molecule is CC(I)Nc1ccccn1. The maximum atomic E-state index is 4.10. The molecule has 0 aliphatic carbocycles. The van der Waals surface area contributed by atoms with E-state index >= 15 is 0 Å². The molecule has 0 aliphatic heterocycles. The molecule has 0 saturated heterocycles. The second-order valence-corrected chi connectivity index (χ2v) is 3.84. The zero-order chi connectivity index (χ0) is 7.40. The molecule has 0 spiro atoms. The van der Waals surface area contributed by atoms with Crippen LogP contribution in [0.2, 0.25) is 0 Å². The minimum absolute atomic E-state index is 0.424. The van der Waals surface area contributed by atoms with E-state index in [2.05, 4.69) is 39.8 Å². The van der Waals surface area contributed by atoms with Crippen LogP contribution in [0.25, 0.3) is 0 Å². The van der Waals surface area contributed by atoms with Gasteiger partial charge in [0, 0.05) is 6.20 Å². The summed E-state index contributed by atoms with van der Waals surface area (Å²) in [6.07, 6.45) is 1.78. The molecular weight excluding hydrogens is 239 g/mol. The Labute approximate surface area is 74.2 Å². The summed E-state index contributed by atoms with van der Waals surface area (Å²) in [6, 6.07) is 5.83. The average molecular weight is 248 g/mol. The third kappa shape index (κ3) is 2.51. The predicted octanol–water partition coefficient (Wildman–Crippen LogP) is 2.27. The van der Waals surface area contributed by atoms with Gasteiger partial charge in [0.25, 0.3) is 0 Å². The molecule has 0 aromatic carbocycles. The van der Waals surface area contributed by atoms with Crippen LogP contribution < -0.4 is 5.32 Å². The number of pyridine rings is 1. The Hall–Kier alpha value is -0.320. The van der Waals surface area contributed by atoms with Gasteiger partial charge >= 0.3 is 0 Å². The Balaban J connectivity index is 2.59. The molecule has 3 heteroatoms. The molecular formula is C7H9IN2. The van der Waals surface area contributed by atoms with Crippen molar-refractivity contribution in [3.63, 3.8) is 0 Å². The zero-order valence-electron chi connectivity index (χ0n) is 5.71. The quantitative estimate of drug-likeness (QED) is 0.493. The Bertz CT molecular complexity index is 186. The molecule has 0 bridgehead atoms. The lowest BCUT2D eigenvalue weighted by atomic mass is 10.4. The van der Waals surface area contributed by atoms with Gasteiger partial charge in [-0.15, -0.1) is 0 Å². The minimum atomic E-state index is 0.424. The summed E-state index contributed by atoms with van der Waals surface area (Å²) < 4.78 is 0.424. The van der Waals surface area contributed by atoms with Gasteiger partial charge in [-0.05, 0) is 19.1 Å². The summed E-state index contributed by atoms with van der Waals surface area (Å²) in [5.41, 5.74) is 0. The summed E-state index contributed by atoms with van der Waals surface area (Å²) in [7, 11) is 0. The van der Waals surface area contributed by atoms with Crippen molar-refractivity contribution in [3.8, 4) is 0 Å². The number of nitrogens with one attached hydrogen (secondary N) is 1. The Morgan fingerprint density at radius 2 is 2.40 bits per heavy atom. The normalized spacial score (nSPS) is 12.6. The monoisotopic (exact) mass is 248 g/mol. The zero-order valence-corrected chi connectivity index (χ0v) is 7.87. The summed E-state index contributed by atoms with van der Waals surface area (Å²) in [4.78, 5) is 4.10. The molecule has 0 radical (unpaired) electrons. The Morgan fingerprint density at radius 1 is 1.60 bits per heavy atom. The fourth-order valence-corrected chi connectivity index (χ4v) is 0.971. The maximum absolute atomic E-state index is 4.10. The minimum Gasteiger partial charge on any atom is -0.359 e. The molecule has 1 atom stereocenters. The number of rotatable bonds is 2. The van der Waals surface area contributed by atoms with Gasteiger partial charge in [0.15, 0.2) is 0 Å². The molecule has 1 heterocycles. The molecule has 1 aromatic rings. The van der Waals surface area contributed by atoms with Gasteiger partial charge in [0.2, 0.25) is 0 Å². The van der Waals surface area contributed by atoms with Gasteiger partial charge in [-0.1, -0.05) is 28.7 Å². The standard InChI is InChI=1S/C7H9IN2/c1-6(8)10-7-4-2-3-5-9-7/h2-6H,1H3,(H,9,10). The summed E-state index contributed by atoms with van der Waals surface area (Å²) in [5.74, 6) is 0.935. The number of nitrogens with zero attached hydrogens (tertiary/aromatic N) is 1. The second kappa shape index (κ2) is 3.75. The van der Waals surface area contributed by atoms with Crippen molar-refractivity contribution in [2.45, 2.75) is 11.0 Å². The molecule has 0 amide bonds. The highest BCUT2D eigenvalue weighted by Gasteiger charge is 1.93. The third-order valence-corrected chi connectivity index (χ3v) is 1.32. The second-order valence-electron chi connectivity index (χ2n) is 1.98. The first kappa shape index (κ1) is 7.78. The number of anilines is 1. The van der Waals surface area contributed by atoms with Gasteiger partial charge in [0.05, 0.1) is 4.05 Å². The first-order valence-electron chi connectivity index (χ1n) is 3.10. The van der Waals surface area contributed by atoms with E-state index in [0.29, 0.717) is 4.05 Å². The molecule has 0 saturated carbocycles. The molecule has 0 fully saturated rings. The van der Waals surface area contributed by atoms with E-state index in [1.54, 1.807) is 6.20 Å². The fraction of sp³-hybridized carbons (Fsp3) is 0.286. The lowest BCUT2D eigenvalue weighted by Gasteiger charge is -2.05. The van der Waals surface area contributed by atoms with E-state index in [1.807, 2.05) is 18.2 Å². The summed E-state index contributed by atoms with van der Waals surface area (Å²) in [5, 5.41) is 3.18. The molecule has 1 unspecified atom stereocenters. The molecule has 1 rings (SSSR count). The van der Waals surface area contributed by atoms with Crippen LogP contribution >= 0.6 is 22.6 Å². The molecule has 0 aliphatic rings. The van der Waals surface area contributed by atoms with Crippen LogP contribution in [0.5, 0.6) is 0 Å². The smallest absolute Gasteiger partial charge is 0.126 e. The van der Waals surface area contributed by atoms with Crippen LogP contribution in [-0.4, -0.2) is 9.03 Å². The van der Waals surface area contributed by atoms with Gasteiger partial charge in [0.1, 0.15) is 5.82 Å². The van der Waals surface area contributed by atoms with E-state index < -0.39 is 0 Å². The lowest BCUT2D eigenvalue weighted by Crippen LogP contribution is -2.06. The third-order valence-electron chi connectivity index (χ3n) is 1.01.